The number of piperidine rings is 1. The van der Waals surface area contributed by atoms with Crippen LogP contribution in [0.5, 0.6) is 0 Å². The smallest absolute Gasteiger partial charge is 0.217 e. The van der Waals surface area contributed by atoms with Gasteiger partial charge in [0.2, 0.25) is 5.91 Å². The number of carbonyl (C=O) groups excluding carboxylic acids is 1. The molecule has 2 unspecified atom stereocenters. The number of hydrogen-bond donors (Lipinski definition) is 2. The molecule has 5 heteroatoms. The maximum Gasteiger partial charge on any atom is 0.217 e. The number of carbonyl (C=O) groups is 1. The fourth-order valence-electron chi connectivity index (χ4n) is 3.23. The standard InChI is InChI=1S/C16H24BrN3O/c1-11(18)16(13-2-4-14(17)5-3-13)20-8-6-12(7-9-20)10-15(19)21/h2-5,11-12,16H,6-10,18H2,1H3,(H2,19,21). The minimum Gasteiger partial charge on any atom is -0.370 e. The summed E-state index contributed by atoms with van der Waals surface area (Å²) in [5.41, 5.74) is 12.8. The molecule has 0 bridgehead atoms. The van der Waals surface area contributed by atoms with Gasteiger partial charge in [0.1, 0.15) is 0 Å². The van der Waals surface area contributed by atoms with E-state index in [-0.39, 0.29) is 18.0 Å². The molecule has 1 aliphatic heterocycles. The molecule has 0 aliphatic carbocycles. The predicted molar refractivity (Wildman–Crippen MR) is 88.6 cm³/mol. The molecule has 2 atom stereocenters. The first kappa shape index (κ1) is 16.5. The van der Waals surface area contributed by atoms with Gasteiger partial charge in [0.25, 0.3) is 0 Å². The molecule has 1 aromatic rings. The number of nitrogens with two attached hydrogens (primary N) is 2. The minimum absolute atomic E-state index is 0.0684. The lowest BCUT2D eigenvalue weighted by Crippen LogP contribution is -2.44. The summed E-state index contributed by atoms with van der Waals surface area (Å²) in [5, 5.41) is 0. The summed E-state index contributed by atoms with van der Waals surface area (Å²) in [6, 6.07) is 8.68. The van der Waals surface area contributed by atoms with Crippen LogP contribution in [0.1, 0.15) is 37.8 Å². The second-order valence-electron chi connectivity index (χ2n) is 6.01. The highest BCUT2D eigenvalue weighted by Crippen LogP contribution is 2.30. The summed E-state index contributed by atoms with van der Waals surface area (Å²) in [7, 11) is 0. The maximum absolute atomic E-state index is 11.0. The number of primary amides is 1. The molecule has 1 fully saturated rings. The van der Waals surface area contributed by atoms with Gasteiger partial charge in [0.05, 0.1) is 0 Å². The van der Waals surface area contributed by atoms with Crippen molar-refractivity contribution in [2.24, 2.45) is 17.4 Å². The van der Waals surface area contributed by atoms with Crippen molar-refractivity contribution in [2.45, 2.75) is 38.3 Å². The Morgan fingerprint density at radius 3 is 2.38 bits per heavy atom. The van der Waals surface area contributed by atoms with Crippen LogP contribution in [0, 0.1) is 5.92 Å². The molecule has 0 radical (unpaired) electrons. The van der Waals surface area contributed by atoms with E-state index in [0.717, 1.165) is 30.4 Å². The van der Waals surface area contributed by atoms with Crippen molar-refractivity contribution in [3.05, 3.63) is 34.3 Å². The molecule has 116 valence electrons. The molecule has 2 rings (SSSR count). The zero-order valence-electron chi connectivity index (χ0n) is 12.5. The summed E-state index contributed by atoms with van der Waals surface area (Å²) < 4.78 is 1.08. The van der Waals surface area contributed by atoms with E-state index in [1.165, 1.54) is 5.56 Å². The first-order valence-corrected chi connectivity index (χ1v) is 8.30. The van der Waals surface area contributed by atoms with Crippen LogP contribution in [0.15, 0.2) is 28.7 Å². The highest BCUT2D eigenvalue weighted by Gasteiger charge is 2.28. The molecule has 1 aliphatic rings. The first-order valence-electron chi connectivity index (χ1n) is 7.50. The molecular formula is C16H24BrN3O. The van der Waals surface area contributed by atoms with Crippen molar-refractivity contribution in [2.75, 3.05) is 13.1 Å². The van der Waals surface area contributed by atoms with E-state index in [0.29, 0.717) is 12.3 Å². The summed E-state index contributed by atoms with van der Waals surface area (Å²) in [6.07, 6.45) is 2.54. The van der Waals surface area contributed by atoms with E-state index in [1.807, 2.05) is 0 Å². The summed E-state index contributed by atoms with van der Waals surface area (Å²) in [5.74, 6) is 0.238. The summed E-state index contributed by atoms with van der Waals surface area (Å²) in [4.78, 5) is 13.5. The second-order valence-corrected chi connectivity index (χ2v) is 6.92. The molecular weight excluding hydrogens is 330 g/mol. The lowest BCUT2D eigenvalue weighted by Gasteiger charge is -2.39. The van der Waals surface area contributed by atoms with Gasteiger partial charge < -0.3 is 11.5 Å². The number of halogens is 1. The van der Waals surface area contributed by atoms with Crippen LogP contribution in [-0.2, 0) is 4.79 Å². The molecule has 0 aromatic heterocycles. The SMILES string of the molecule is CC(N)C(c1ccc(Br)cc1)N1CCC(CC(N)=O)CC1. The molecule has 0 saturated carbocycles. The lowest BCUT2D eigenvalue weighted by atomic mass is 9.90. The molecule has 1 saturated heterocycles. The van der Waals surface area contributed by atoms with E-state index in [2.05, 4.69) is 52.0 Å². The Hall–Kier alpha value is -0.910. The number of amides is 1. The van der Waals surface area contributed by atoms with E-state index in [9.17, 15) is 4.79 Å². The van der Waals surface area contributed by atoms with Gasteiger partial charge >= 0.3 is 0 Å². The second kappa shape index (κ2) is 7.38. The average molecular weight is 354 g/mol. The van der Waals surface area contributed by atoms with Gasteiger partial charge in [-0.1, -0.05) is 28.1 Å². The Morgan fingerprint density at radius 2 is 1.90 bits per heavy atom. The quantitative estimate of drug-likeness (QED) is 0.853. The number of benzene rings is 1. The molecule has 4 nitrogen and oxygen atoms in total. The van der Waals surface area contributed by atoms with Crippen molar-refractivity contribution in [3.8, 4) is 0 Å². The summed E-state index contributed by atoms with van der Waals surface area (Å²) in [6.45, 7) is 4.00. The highest BCUT2D eigenvalue weighted by atomic mass is 79.9. The van der Waals surface area contributed by atoms with Gasteiger partial charge in [-0.25, -0.2) is 0 Å². The van der Waals surface area contributed by atoms with Crippen molar-refractivity contribution < 1.29 is 4.79 Å². The lowest BCUT2D eigenvalue weighted by molar-refractivity contribution is -0.119. The van der Waals surface area contributed by atoms with Gasteiger partial charge in [-0.3, -0.25) is 9.69 Å². The molecule has 1 aromatic carbocycles. The van der Waals surface area contributed by atoms with Crippen molar-refractivity contribution in [1.82, 2.24) is 4.90 Å². The topological polar surface area (TPSA) is 72.3 Å². The average Bonchev–Trinajstić information content (AvgIpc) is 2.42. The van der Waals surface area contributed by atoms with Gasteiger partial charge in [-0.15, -0.1) is 0 Å². The zero-order chi connectivity index (χ0) is 15.4. The molecule has 4 N–H and O–H groups in total. The molecule has 1 heterocycles. The van der Waals surface area contributed by atoms with Gasteiger partial charge in [0.15, 0.2) is 0 Å². The van der Waals surface area contributed by atoms with E-state index < -0.39 is 0 Å². The van der Waals surface area contributed by atoms with Crippen LogP contribution in [0.4, 0.5) is 0 Å². The largest absolute Gasteiger partial charge is 0.370 e. The summed E-state index contributed by atoms with van der Waals surface area (Å²) >= 11 is 3.47. The van der Waals surface area contributed by atoms with E-state index in [1.54, 1.807) is 0 Å². The van der Waals surface area contributed by atoms with E-state index >= 15 is 0 Å². The third-order valence-corrected chi connectivity index (χ3v) is 4.77. The van der Waals surface area contributed by atoms with Crippen LogP contribution in [-0.4, -0.2) is 29.9 Å². The minimum atomic E-state index is -0.190. The number of hydrogen-bond acceptors (Lipinski definition) is 3. The monoisotopic (exact) mass is 353 g/mol. The fourth-order valence-corrected chi connectivity index (χ4v) is 3.49. The van der Waals surface area contributed by atoms with Crippen LogP contribution in [0.25, 0.3) is 0 Å². The Bertz CT molecular complexity index is 467. The van der Waals surface area contributed by atoms with Crippen molar-refractivity contribution in [1.29, 1.82) is 0 Å². The Morgan fingerprint density at radius 1 is 1.33 bits per heavy atom. The number of rotatable bonds is 5. The normalized spacial score (nSPS) is 20.1. The third kappa shape index (κ3) is 4.53. The molecule has 0 spiro atoms. The van der Waals surface area contributed by atoms with E-state index in [4.69, 9.17) is 11.5 Å². The Kier molecular flexibility index (Phi) is 5.79. The van der Waals surface area contributed by atoms with Crippen molar-refractivity contribution >= 4 is 21.8 Å². The third-order valence-electron chi connectivity index (χ3n) is 4.24. The van der Waals surface area contributed by atoms with Gasteiger partial charge in [0, 0.05) is 23.0 Å². The van der Waals surface area contributed by atoms with Crippen molar-refractivity contribution in [3.63, 3.8) is 0 Å². The highest BCUT2D eigenvalue weighted by molar-refractivity contribution is 9.10. The van der Waals surface area contributed by atoms with Crippen LogP contribution in [0.2, 0.25) is 0 Å². The Balaban J connectivity index is 2.04. The fraction of sp³-hybridized carbons (Fsp3) is 0.562. The first-order chi connectivity index (χ1) is 9.97. The van der Waals surface area contributed by atoms with Crippen LogP contribution < -0.4 is 11.5 Å². The number of likely N-dealkylation sites (tertiary alicyclic amines) is 1. The number of nitrogens with zero attached hydrogens (tertiary/aromatic N) is 1. The molecule has 1 amide bonds. The van der Waals surface area contributed by atoms with Crippen LogP contribution in [0.3, 0.4) is 0 Å². The maximum atomic E-state index is 11.0. The van der Waals surface area contributed by atoms with Crippen LogP contribution >= 0.6 is 15.9 Å². The van der Waals surface area contributed by atoms with Gasteiger partial charge in [-0.2, -0.15) is 0 Å². The van der Waals surface area contributed by atoms with Gasteiger partial charge in [-0.05, 0) is 56.5 Å². The Labute approximate surface area is 135 Å². The molecule has 21 heavy (non-hydrogen) atoms. The predicted octanol–water partition coefficient (Wildman–Crippen LogP) is 2.42. The zero-order valence-corrected chi connectivity index (χ0v) is 14.1.